The number of halogens is 1. The number of benzene rings is 1. The lowest BCUT2D eigenvalue weighted by Gasteiger charge is -2.12. The van der Waals surface area contributed by atoms with Crippen LogP contribution >= 0.6 is 22.9 Å². The van der Waals surface area contributed by atoms with Gasteiger partial charge in [-0.1, -0.05) is 17.7 Å². The van der Waals surface area contributed by atoms with E-state index in [0.717, 1.165) is 11.3 Å². The molecule has 1 heterocycles. The highest BCUT2D eigenvalue weighted by Crippen LogP contribution is 2.20. The van der Waals surface area contributed by atoms with Gasteiger partial charge in [0.2, 0.25) is 0 Å². The predicted molar refractivity (Wildman–Crippen MR) is 88.3 cm³/mol. The molecule has 0 aliphatic heterocycles. The summed E-state index contributed by atoms with van der Waals surface area (Å²) >= 11 is 6.99. The van der Waals surface area contributed by atoms with Crippen molar-refractivity contribution < 1.29 is 14.5 Å². The number of hydrogen-bond acceptors (Lipinski definition) is 6. The van der Waals surface area contributed by atoms with Crippen molar-refractivity contribution in [2.24, 2.45) is 5.10 Å². The Morgan fingerprint density at radius 3 is 2.96 bits per heavy atom. The minimum absolute atomic E-state index is 0.0135. The monoisotopic (exact) mass is 353 g/mol. The first-order valence-electron chi connectivity index (χ1n) is 6.44. The van der Waals surface area contributed by atoms with Crippen molar-refractivity contribution >= 4 is 40.7 Å². The van der Waals surface area contributed by atoms with Gasteiger partial charge in [0, 0.05) is 11.1 Å². The van der Waals surface area contributed by atoms with Crippen molar-refractivity contribution in [2.75, 3.05) is 0 Å². The van der Waals surface area contributed by atoms with Crippen molar-refractivity contribution in [3.63, 3.8) is 0 Å². The molecule has 0 radical (unpaired) electrons. The smallest absolute Gasteiger partial charge is 0.280 e. The molecule has 9 heteroatoms. The molecule has 23 heavy (non-hydrogen) atoms. The molecule has 7 nitrogen and oxygen atoms in total. The molecule has 1 amide bonds. The Morgan fingerprint density at radius 2 is 2.30 bits per heavy atom. The average Bonchev–Trinajstić information content (AvgIpc) is 2.96. The van der Waals surface area contributed by atoms with E-state index in [1.54, 1.807) is 31.2 Å². The Hall–Kier alpha value is -2.45. The van der Waals surface area contributed by atoms with E-state index in [2.05, 4.69) is 10.5 Å². The van der Waals surface area contributed by atoms with Gasteiger partial charge >= 0.3 is 0 Å². The Bertz CT molecular complexity index is 747. The highest BCUT2D eigenvalue weighted by molar-refractivity contribution is 7.12. The Balaban J connectivity index is 1.88. The van der Waals surface area contributed by atoms with E-state index in [0.29, 0.717) is 15.6 Å². The van der Waals surface area contributed by atoms with Crippen LogP contribution in [0.1, 0.15) is 11.8 Å². The van der Waals surface area contributed by atoms with Crippen molar-refractivity contribution in [3.8, 4) is 5.75 Å². The van der Waals surface area contributed by atoms with Crippen molar-refractivity contribution in [2.45, 2.75) is 13.0 Å². The van der Waals surface area contributed by atoms with Crippen LogP contribution in [0.2, 0.25) is 5.02 Å². The Morgan fingerprint density at radius 1 is 1.52 bits per heavy atom. The number of nitrogens with one attached hydrogen (secondary N) is 1. The summed E-state index contributed by atoms with van der Waals surface area (Å²) in [4.78, 5) is 22.5. The maximum atomic E-state index is 11.8. The highest BCUT2D eigenvalue weighted by atomic mass is 35.5. The lowest BCUT2D eigenvalue weighted by molar-refractivity contribution is -0.384. The van der Waals surface area contributed by atoms with Crippen LogP contribution in [0.5, 0.6) is 5.75 Å². The summed E-state index contributed by atoms with van der Waals surface area (Å²) in [6.07, 6.45) is 0.560. The standard InChI is InChI=1S/C14H12ClN3O4S/c1-9(22-12-4-2-3-10(15)5-12)14(19)17-16-7-13-6-11(8-23-13)18(20)21/h2-9H,1H3,(H,17,19)/b16-7+. The number of nitro groups is 1. The summed E-state index contributed by atoms with van der Waals surface area (Å²) in [5.74, 6) is 0.0188. The molecule has 1 atom stereocenters. The number of ether oxygens (including phenoxy) is 1. The maximum absolute atomic E-state index is 11.8. The van der Waals surface area contributed by atoms with Crippen LogP contribution in [0, 0.1) is 10.1 Å². The molecule has 120 valence electrons. The van der Waals surface area contributed by atoms with Gasteiger partial charge < -0.3 is 4.74 Å². The third kappa shape index (κ3) is 5.04. The number of hydrazone groups is 1. The molecule has 0 spiro atoms. The molecule has 1 aromatic heterocycles. The molecule has 0 bridgehead atoms. The molecule has 0 fully saturated rings. The first kappa shape index (κ1) is 16.9. The molecule has 1 N–H and O–H groups in total. The predicted octanol–water partition coefficient (Wildman–Crippen LogP) is 3.23. The van der Waals surface area contributed by atoms with Crippen molar-refractivity contribution in [3.05, 3.63) is 55.7 Å². The largest absolute Gasteiger partial charge is 0.481 e. The summed E-state index contributed by atoms with van der Waals surface area (Å²) in [5, 5.41) is 16.2. The van der Waals surface area contributed by atoms with Crippen LogP contribution in [0.25, 0.3) is 0 Å². The van der Waals surface area contributed by atoms with E-state index in [-0.39, 0.29) is 5.69 Å². The molecule has 1 aromatic carbocycles. The molecule has 1 unspecified atom stereocenters. The number of rotatable bonds is 6. The molecule has 2 aromatic rings. The molecule has 0 aliphatic rings. The van der Waals surface area contributed by atoms with Gasteiger partial charge in [0.05, 0.1) is 21.4 Å². The second kappa shape index (κ2) is 7.70. The zero-order valence-electron chi connectivity index (χ0n) is 11.9. The van der Waals surface area contributed by atoms with Crippen LogP contribution in [0.15, 0.2) is 40.8 Å². The van der Waals surface area contributed by atoms with E-state index in [1.807, 2.05) is 0 Å². The maximum Gasteiger partial charge on any atom is 0.280 e. The van der Waals surface area contributed by atoms with Gasteiger partial charge in [-0.2, -0.15) is 5.10 Å². The van der Waals surface area contributed by atoms with E-state index in [9.17, 15) is 14.9 Å². The fraction of sp³-hybridized carbons (Fsp3) is 0.143. The number of carbonyl (C=O) groups is 1. The highest BCUT2D eigenvalue weighted by Gasteiger charge is 2.14. The zero-order valence-corrected chi connectivity index (χ0v) is 13.5. The van der Waals surface area contributed by atoms with Crippen LogP contribution < -0.4 is 10.2 Å². The van der Waals surface area contributed by atoms with Crippen LogP contribution in [-0.4, -0.2) is 23.1 Å². The van der Waals surface area contributed by atoms with Crippen molar-refractivity contribution in [1.82, 2.24) is 5.43 Å². The second-order valence-electron chi connectivity index (χ2n) is 4.42. The first-order valence-corrected chi connectivity index (χ1v) is 7.69. The van der Waals surface area contributed by atoms with Gasteiger partial charge in [-0.25, -0.2) is 5.43 Å². The average molecular weight is 354 g/mol. The van der Waals surface area contributed by atoms with E-state index >= 15 is 0 Å². The molecule has 0 saturated carbocycles. The summed E-state index contributed by atoms with van der Waals surface area (Å²) in [6.45, 7) is 1.57. The molecular formula is C14H12ClN3O4S. The number of carbonyl (C=O) groups excluding carboxylic acids is 1. The van der Waals surface area contributed by atoms with Gasteiger partial charge in [0.25, 0.3) is 11.6 Å². The van der Waals surface area contributed by atoms with Gasteiger partial charge in [0.15, 0.2) is 6.10 Å². The lowest BCUT2D eigenvalue weighted by Crippen LogP contribution is -2.33. The quantitative estimate of drug-likeness (QED) is 0.490. The number of amides is 1. The number of nitrogens with zero attached hydrogens (tertiary/aromatic N) is 2. The van der Waals surface area contributed by atoms with Gasteiger partial charge in [-0.15, -0.1) is 11.3 Å². The third-order valence-electron chi connectivity index (χ3n) is 2.66. The van der Waals surface area contributed by atoms with Crippen LogP contribution in [0.4, 0.5) is 5.69 Å². The Labute approximate surface area is 140 Å². The zero-order chi connectivity index (χ0) is 16.8. The fourth-order valence-electron chi connectivity index (χ4n) is 1.55. The minimum atomic E-state index is -0.775. The van der Waals surface area contributed by atoms with E-state index in [4.69, 9.17) is 16.3 Å². The van der Waals surface area contributed by atoms with Gasteiger partial charge in [-0.3, -0.25) is 14.9 Å². The normalized spacial score (nSPS) is 12.1. The van der Waals surface area contributed by atoms with E-state index in [1.165, 1.54) is 17.7 Å². The van der Waals surface area contributed by atoms with Crippen LogP contribution in [0.3, 0.4) is 0 Å². The Kier molecular flexibility index (Phi) is 5.67. The summed E-state index contributed by atoms with van der Waals surface area (Å²) in [6, 6.07) is 8.06. The third-order valence-corrected chi connectivity index (χ3v) is 3.75. The molecule has 0 saturated heterocycles. The minimum Gasteiger partial charge on any atom is -0.481 e. The number of hydrogen-bond donors (Lipinski definition) is 1. The fourth-order valence-corrected chi connectivity index (χ4v) is 2.45. The van der Waals surface area contributed by atoms with Crippen LogP contribution in [-0.2, 0) is 4.79 Å². The number of thiophene rings is 1. The van der Waals surface area contributed by atoms with Gasteiger partial charge in [0.1, 0.15) is 5.75 Å². The summed E-state index contributed by atoms with van der Waals surface area (Å²) in [7, 11) is 0. The summed E-state index contributed by atoms with van der Waals surface area (Å²) < 4.78 is 5.44. The van der Waals surface area contributed by atoms with Crippen molar-refractivity contribution in [1.29, 1.82) is 0 Å². The summed E-state index contributed by atoms with van der Waals surface area (Å²) in [5.41, 5.74) is 2.30. The SMILES string of the molecule is CC(Oc1cccc(Cl)c1)C(=O)N/N=C/c1cc([N+](=O)[O-])cs1. The van der Waals surface area contributed by atoms with E-state index < -0.39 is 16.9 Å². The lowest BCUT2D eigenvalue weighted by atomic mass is 10.3. The topological polar surface area (TPSA) is 93.8 Å². The molecular weight excluding hydrogens is 342 g/mol. The van der Waals surface area contributed by atoms with Gasteiger partial charge in [-0.05, 0) is 25.1 Å². The second-order valence-corrected chi connectivity index (χ2v) is 5.80. The molecule has 2 rings (SSSR count). The molecule has 0 aliphatic carbocycles. The first-order chi connectivity index (χ1) is 11.0.